The van der Waals surface area contributed by atoms with E-state index in [0.717, 1.165) is 49.2 Å². The van der Waals surface area contributed by atoms with Crippen LogP contribution in [0.2, 0.25) is 0 Å². The molecule has 0 aliphatic carbocycles. The molecule has 0 saturated carbocycles. The van der Waals surface area contributed by atoms with Gasteiger partial charge in [-0.25, -0.2) is 4.98 Å². The molecule has 1 N–H and O–H groups in total. The van der Waals surface area contributed by atoms with E-state index in [0.29, 0.717) is 24.5 Å². The number of piperidine rings is 1. The molecule has 0 radical (unpaired) electrons. The summed E-state index contributed by atoms with van der Waals surface area (Å²) in [6.07, 6.45) is 2.65. The predicted molar refractivity (Wildman–Crippen MR) is 112 cm³/mol. The summed E-state index contributed by atoms with van der Waals surface area (Å²) in [6.45, 7) is 6.55. The molecule has 1 saturated heterocycles. The average molecular weight is 393 g/mol. The van der Waals surface area contributed by atoms with E-state index < -0.39 is 0 Å². The molecule has 4 rings (SSSR count). The molecule has 7 heteroatoms. The van der Waals surface area contributed by atoms with Gasteiger partial charge in [0.2, 0.25) is 5.91 Å². The monoisotopic (exact) mass is 393 g/mol. The molecular formula is C22H27N5O2. The van der Waals surface area contributed by atoms with Gasteiger partial charge in [0.25, 0.3) is 5.56 Å². The number of hydrogen-bond donors (Lipinski definition) is 1. The fourth-order valence-corrected chi connectivity index (χ4v) is 4.09. The Kier molecular flexibility index (Phi) is 5.47. The van der Waals surface area contributed by atoms with Gasteiger partial charge in [-0.1, -0.05) is 12.1 Å². The number of carbonyl (C=O) groups excluding carboxylic acids is 1. The number of fused-ring (bicyclic) bond motifs is 1. The first-order valence-corrected chi connectivity index (χ1v) is 10.3. The number of amides is 1. The molecule has 1 fully saturated rings. The van der Waals surface area contributed by atoms with Crippen LogP contribution in [0.25, 0.3) is 11.0 Å². The van der Waals surface area contributed by atoms with Crippen molar-refractivity contribution in [3.63, 3.8) is 0 Å². The Morgan fingerprint density at radius 2 is 1.97 bits per heavy atom. The number of nitrogens with one attached hydrogen (secondary N) is 1. The SMILES string of the molecule is Cc1cc(C)n(CC2CCN(C(=O)CCc3nc4ccccc4[nH]c3=O)CC2)n1. The third-order valence-corrected chi connectivity index (χ3v) is 5.75. The average Bonchev–Trinajstić information content (AvgIpc) is 3.03. The number of rotatable bonds is 5. The topological polar surface area (TPSA) is 83.9 Å². The zero-order valence-corrected chi connectivity index (χ0v) is 17.0. The number of aryl methyl sites for hydroxylation is 3. The molecular weight excluding hydrogens is 366 g/mol. The minimum absolute atomic E-state index is 0.101. The summed E-state index contributed by atoms with van der Waals surface area (Å²) in [5.41, 5.74) is 3.93. The van der Waals surface area contributed by atoms with E-state index in [-0.39, 0.29) is 11.5 Å². The lowest BCUT2D eigenvalue weighted by Crippen LogP contribution is -2.39. The number of H-pyrrole nitrogens is 1. The smallest absolute Gasteiger partial charge is 0.270 e. The van der Waals surface area contributed by atoms with Gasteiger partial charge in [0.1, 0.15) is 5.69 Å². The zero-order chi connectivity index (χ0) is 20.4. The molecule has 3 aromatic rings. The molecule has 0 spiro atoms. The summed E-state index contributed by atoms with van der Waals surface area (Å²) >= 11 is 0. The number of aromatic amines is 1. The highest BCUT2D eigenvalue weighted by Gasteiger charge is 2.23. The van der Waals surface area contributed by atoms with Crippen LogP contribution in [-0.2, 0) is 17.8 Å². The lowest BCUT2D eigenvalue weighted by atomic mass is 9.96. The molecule has 0 atom stereocenters. The van der Waals surface area contributed by atoms with Crippen LogP contribution in [0.5, 0.6) is 0 Å². The Labute approximate surface area is 169 Å². The number of nitrogens with zero attached hydrogens (tertiary/aromatic N) is 4. The van der Waals surface area contributed by atoms with E-state index in [1.165, 1.54) is 5.69 Å². The van der Waals surface area contributed by atoms with Crippen LogP contribution in [0.15, 0.2) is 35.1 Å². The van der Waals surface area contributed by atoms with Gasteiger partial charge in [0.05, 0.1) is 16.7 Å². The van der Waals surface area contributed by atoms with Crippen molar-refractivity contribution in [2.45, 2.75) is 46.1 Å². The van der Waals surface area contributed by atoms with Crippen molar-refractivity contribution < 1.29 is 4.79 Å². The number of para-hydroxylation sites is 2. The van der Waals surface area contributed by atoms with Gasteiger partial charge in [-0.2, -0.15) is 5.10 Å². The minimum atomic E-state index is -0.208. The molecule has 0 bridgehead atoms. The number of hydrogen-bond acceptors (Lipinski definition) is 4. The van der Waals surface area contributed by atoms with Gasteiger partial charge in [-0.3, -0.25) is 14.3 Å². The van der Waals surface area contributed by atoms with Crippen LogP contribution in [-0.4, -0.2) is 43.6 Å². The lowest BCUT2D eigenvalue weighted by Gasteiger charge is -2.32. The molecule has 29 heavy (non-hydrogen) atoms. The van der Waals surface area contributed by atoms with Crippen molar-refractivity contribution in [3.8, 4) is 0 Å². The van der Waals surface area contributed by atoms with E-state index in [4.69, 9.17) is 0 Å². The van der Waals surface area contributed by atoms with Crippen LogP contribution < -0.4 is 5.56 Å². The van der Waals surface area contributed by atoms with Crippen molar-refractivity contribution in [1.29, 1.82) is 0 Å². The second kappa shape index (κ2) is 8.19. The highest BCUT2D eigenvalue weighted by Crippen LogP contribution is 2.20. The van der Waals surface area contributed by atoms with Crippen LogP contribution in [0.3, 0.4) is 0 Å². The van der Waals surface area contributed by atoms with E-state index in [1.54, 1.807) is 0 Å². The van der Waals surface area contributed by atoms with Gasteiger partial charge >= 0.3 is 0 Å². The van der Waals surface area contributed by atoms with Crippen molar-refractivity contribution in [2.75, 3.05) is 13.1 Å². The van der Waals surface area contributed by atoms with E-state index in [2.05, 4.69) is 32.7 Å². The van der Waals surface area contributed by atoms with Gasteiger partial charge in [0.15, 0.2) is 0 Å². The Balaban J connectivity index is 1.30. The molecule has 1 amide bonds. The summed E-state index contributed by atoms with van der Waals surface area (Å²) in [6, 6.07) is 9.54. The summed E-state index contributed by atoms with van der Waals surface area (Å²) in [5, 5.41) is 4.55. The standard InChI is InChI=1S/C22H27N5O2/c1-15-13-16(2)27(25-15)14-17-9-11-26(12-10-17)21(28)8-7-20-22(29)24-19-6-4-3-5-18(19)23-20/h3-6,13,17H,7-12,14H2,1-2H3,(H,24,29). The quantitative estimate of drug-likeness (QED) is 0.722. The zero-order valence-electron chi connectivity index (χ0n) is 17.0. The van der Waals surface area contributed by atoms with Crippen molar-refractivity contribution in [2.24, 2.45) is 5.92 Å². The maximum atomic E-state index is 12.6. The highest BCUT2D eigenvalue weighted by molar-refractivity contribution is 5.77. The molecule has 1 aromatic carbocycles. The summed E-state index contributed by atoms with van der Waals surface area (Å²) < 4.78 is 2.08. The maximum absolute atomic E-state index is 12.6. The second-order valence-corrected chi connectivity index (χ2v) is 7.96. The largest absolute Gasteiger partial charge is 0.343 e. The first kappa shape index (κ1) is 19.4. The maximum Gasteiger partial charge on any atom is 0.270 e. The van der Waals surface area contributed by atoms with Gasteiger partial charge < -0.3 is 9.88 Å². The Hall–Kier alpha value is -2.96. The third kappa shape index (κ3) is 4.39. The summed E-state index contributed by atoms with van der Waals surface area (Å²) in [4.78, 5) is 34.1. The van der Waals surface area contributed by atoms with Crippen molar-refractivity contribution >= 4 is 16.9 Å². The fraction of sp³-hybridized carbons (Fsp3) is 0.455. The highest BCUT2D eigenvalue weighted by atomic mass is 16.2. The van der Waals surface area contributed by atoms with Gasteiger partial charge in [0, 0.05) is 38.2 Å². The first-order valence-electron chi connectivity index (χ1n) is 10.3. The van der Waals surface area contributed by atoms with Crippen LogP contribution in [0.4, 0.5) is 0 Å². The molecule has 2 aromatic heterocycles. The molecule has 7 nitrogen and oxygen atoms in total. The minimum Gasteiger partial charge on any atom is -0.343 e. The molecule has 3 heterocycles. The fourth-order valence-electron chi connectivity index (χ4n) is 4.09. The van der Waals surface area contributed by atoms with Crippen molar-refractivity contribution in [3.05, 3.63) is 57.8 Å². The lowest BCUT2D eigenvalue weighted by molar-refractivity contribution is -0.132. The first-order chi connectivity index (χ1) is 14.0. The van der Waals surface area contributed by atoms with E-state index >= 15 is 0 Å². The number of aromatic nitrogens is 4. The van der Waals surface area contributed by atoms with Crippen LogP contribution in [0, 0.1) is 19.8 Å². The summed E-state index contributed by atoms with van der Waals surface area (Å²) in [7, 11) is 0. The number of carbonyl (C=O) groups is 1. The Morgan fingerprint density at radius 3 is 2.69 bits per heavy atom. The predicted octanol–water partition coefficient (Wildman–Crippen LogP) is 2.61. The number of benzene rings is 1. The van der Waals surface area contributed by atoms with Crippen molar-refractivity contribution in [1.82, 2.24) is 24.6 Å². The molecule has 0 unspecified atom stereocenters. The van der Waals surface area contributed by atoms with E-state index in [1.807, 2.05) is 36.1 Å². The molecule has 1 aliphatic rings. The molecule has 1 aliphatic heterocycles. The third-order valence-electron chi connectivity index (χ3n) is 5.75. The Bertz CT molecular complexity index is 1080. The Morgan fingerprint density at radius 1 is 1.21 bits per heavy atom. The molecule has 152 valence electrons. The normalized spacial score (nSPS) is 15.2. The van der Waals surface area contributed by atoms with Crippen LogP contribution >= 0.6 is 0 Å². The second-order valence-electron chi connectivity index (χ2n) is 7.96. The number of likely N-dealkylation sites (tertiary alicyclic amines) is 1. The summed E-state index contributed by atoms with van der Waals surface area (Å²) in [5.74, 6) is 0.644. The van der Waals surface area contributed by atoms with Gasteiger partial charge in [-0.15, -0.1) is 0 Å². The van der Waals surface area contributed by atoms with Crippen LogP contribution in [0.1, 0.15) is 36.3 Å². The van der Waals surface area contributed by atoms with Gasteiger partial charge in [-0.05, 0) is 50.8 Å². The van der Waals surface area contributed by atoms with E-state index in [9.17, 15) is 9.59 Å².